The maximum Gasteiger partial charge on any atom is 0.130 e. The predicted molar refractivity (Wildman–Crippen MR) is 76.8 cm³/mol. The molecule has 0 aliphatic rings. The Bertz CT molecular complexity index is 499. The lowest BCUT2D eigenvalue weighted by Gasteiger charge is -2.14. The van der Waals surface area contributed by atoms with Crippen molar-refractivity contribution in [2.45, 2.75) is 33.4 Å². The summed E-state index contributed by atoms with van der Waals surface area (Å²) >= 11 is 0. The summed E-state index contributed by atoms with van der Waals surface area (Å²) in [7, 11) is 0. The Balaban J connectivity index is 3.12. The highest BCUT2D eigenvalue weighted by atomic mass is 19.1. The standard InChI is InChI=1S/C17H19F/c1-5-7-9-14(8-6-2)15-10-12-16(13-11-15)17(3,4)18/h5,7,9-13H,1-4H3/b7-5-,14-9+. The highest BCUT2D eigenvalue weighted by Gasteiger charge is 2.18. The lowest BCUT2D eigenvalue weighted by atomic mass is 9.96. The van der Waals surface area contributed by atoms with Gasteiger partial charge in [-0.1, -0.05) is 42.3 Å². The van der Waals surface area contributed by atoms with Crippen molar-refractivity contribution in [3.63, 3.8) is 0 Å². The van der Waals surface area contributed by atoms with Gasteiger partial charge in [-0.25, -0.2) is 4.39 Å². The fourth-order valence-corrected chi connectivity index (χ4v) is 1.58. The zero-order valence-electron chi connectivity index (χ0n) is 11.4. The lowest BCUT2D eigenvalue weighted by molar-refractivity contribution is 0.221. The van der Waals surface area contributed by atoms with Gasteiger partial charge in [0.05, 0.1) is 0 Å². The molecule has 0 spiro atoms. The van der Waals surface area contributed by atoms with Crippen LogP contribution in [0.4, 0.5) is 4.39 Å². The van der Waals surface area contributed by atoms with E-state index in [0.717, 1.165) is 11.1 Å². The number of halogens is 1. The largest absolute Gasteiger partial charge is 0.239 e. The maximum absolute atomic E-state index is 13.8. The first kappa shape index (κ1) is 14.3. The van der Waals surface area contributed by atoms with E-state index in [0.29, 0.717) is 5.56 Å². The van der Waals surface area contributed by atoms with Gasteiger partial charge in [0.25, 0.3) is 0 Å². The average molecular weight is 242 g/mol. The summed E-state index contributed by atoms with van der Waals surface area (Å²) in [6.07, 6.45) is 5.87. The Morgan fingerprint density at radius 1 is 1.22 bits per heavy atom. The van der Waals surface area contributed by atoms with Crippen LogP contribution >= 0.6 is 0 Å². The number of hydrogen-bond donors (Lipinski definition) is 0. The topological polar surface area (TPSA) is 0 Å². The molecule has 94 valence electrons. The first-order chi connectivity index (χ1) is 8.49. The number of allylic oxidation sites excluding steroid dienone is 4. The van der Waals surface area contributed by atoms with E-state index in [9.17, 15) is 4.39 Å². The van der Waals surface area contributed by atoms with E-state index >= 15 is 0 Å². The summed E-state index contributed by atoms with van der Waals surface area (Å²) in [4.78, 5) is 0. The lowest BCUT2D eigenvalue weighted by Crippen LogP contribution is -2.08. The Kier molecular flexibility index (Phi) is 4.92. The molecule has 0 unspecified atom stereocenters. The molecule has 1 aromatic rings. The molecule has 0 bridgehead atoms. The first-order valence-corrected chi connectivity index (χ1v) is 6.04. The van der Waals surface area contributed by atoms with Gasteiger partial charge < -0.3 is 0 Å². The van der Waals surface area contributed by atoms with Crippen molar-refractivity contribution < 1.29 is 4.39 Å². The second-order valence-electron chi connectivity index (χ2n) is 4.53. The smallest absolute Gasteiger partial charge is 0.130 e. The molecule has 1 heteroatoms. The van der Waals surface area contributed by atoms with Crippen LogP contribution in [0.25, 0.3) is 5.57 Å². The van der Waals surface area contributed by atoms with Crippen LogP contribution < -0.4 is 0 Å². The molecule has 0 aliphatic heterocycles. The van der Waals surface area contributed by atoms with Crippen LogP contribution in [0.3, 0.4) is 0 Å². The van der Waals surface area contributed by atoms with E-state index in [1.54, 1.807) is 13.8 Å². The molecular weight excluding hydrogens is 223 g/mol. The van der Waals surface area contributed by atoms with Crippen LogP contribution in [0.15, 0.2) is 42.5 Å². The van der Waals surface area contributed by atoms with Gasteiger partial charge in [-0.15, -0.1) is 5.92 Å². The van der Waals surface area contributed by atoms with Crippen molar-refractivity contribution in [2.75, 3.05) is 0 Å². The van der Waals surface area contributed by atoms with Crippen molar-refractivity contribution >= 4 is 5.57 Å². The molecule has 0 radical (unpaired) electrons. The molecule has 0 saturated carbocycles. The summed E-state index contributed by atoms with van der Waals surface area (Å²) < 4.78 is 13.8. The Morgan fingerprint density at radius 3 is 2.28 bits per heavy atom. The van der Waals surface area contributed by atoms with Crippen LogP contribution in [0, 0.1) is 11.8 Å². The SMILES string of the molecule is CC#C/C(=C\C=C/C)c1ccc(C(C)(C)F)cc1. The number of alkyl halides is 1. The normalized spacial score (nSPS) is 12.4. The van der Waals surface area contributed by atoms with Gasteiger partial charge >= 0.3 is 0 Å². The third kappa shape index (κ3) is 3.89. The van der Waals surface area contributed by atoms with E-state index in [-0.39, 0.29) is 0 Å². The molecule has 0 nitrogen and oxygen atoms in total. The molecule has 0 fully saturated rings. The highest BCUT2D eigenvalue weighted by molar-refractivity contribution is 5.79. The van der Waals surface area contributed by atoms with E-state index in [2.05, 4.69) is 11.8 Å². The van der Waals surface area contributed by atoms with Crippen LogP contribution in [0.1, 0.15) is 38.8 Å². The third-order valence-corrected chi connectivity index (χ3v) is 2.60. The van der Waals surface area contributed by atoms with Crippen molar-refractivity contribution in [1.29, 1.82) is 0 Å². The second kappa shape index (κ2) is 6.21. The van der Waals surface area contributed by atoms with Gasteiger partial charge in [0.1, 0.15) is 5.67 Å². The van der Waals surface area contributed by atoms with Gasteiger partial charge in [-0.05, 0) is 44.9 Å². The van der Waals surface area contributed by atoms with Crippen LogP contribution in [0.5, 0.6) is 0 Å². The number of hydrogen-bond acceptors (Lipinski definition) is 0. The van der Waals surface area contributed by atoms with Gasteiger partial charge in [-0.3, -0.25) is 0 Å². The average Bonchev–Trinajstić information content (AvgIpc) is 2.33. The second-order valence-corrected chi connectivity index (χ2v) is 4.53. The fraction of sp³-hybridized carbons (Fsp3) is 0.294. The van der Waals surface area contributed by atoms with Crippen molar-refractivity contribution in [1.82, 2.24) is 0 Å². The van der Waals surface area contributed by atoms with Gasteiger partial charge in [0.15, 0.2) is 0 Å². The predicted octanol–water partition coefficient (Wildman–Crippen LogP) is 4.87. The summed E-state index contributed by atoms with van der Waals surface area (Å²) in [6.45, 7) is 6.89. The molecular formula is C17H19F. The number of rotatable bonds is 3. The molecule has 1 aromatic carbocycles. The van der Waals surface area contributed by atoms with Crippen LogP contribution in [-0.2, 0) is 5.67 Å². The first-order valence-electron chi connectivity index (χ1n) is 6.04. The van der Waals surface area contributed by atoms with Gasteiger partial charge in [-0.2, -0.15) is 0 Å². The minimum absolute atomic E-state index is 0.682. The maximum atomic E-state index is 13.8. The molecule has 0 N–H and O–H groups in total. The van der Waals surface area contributed by atoms with Crippen molar-refractivity contribution in [3.8, 4) is 11.8 Å². The molecule has 0 amide bonds. The number of benzene rings is 1. The molecule has 0 atom stereocenters. The van der Waals surface area contributed by atoms with E-state index in [1.165, 1.54) is 0 Å². The molecule has 0 aromatic heterocycles. The Morgan fingerprint density at radius 2 is 1.83 bits per heavy atom. The van der Waals surface area contributed by atoms with E-state index < -0.39 is 5.67 Å². The highest BCUT2D eigenvalue weighted by Crippen LogP contribution is 2.26. The summed E-state index contributed by atoms with van der Waals surface area (Å²) in [5.74, 6) is 5.95. The zero-order valence-corrected chi connectivity index (χ0v) is 11.4. The van der Waals surface area contributed by atoms with Crippen molar-refractivity contribution in [3.05, 3.63) is 53.6 Å². The quantitative estimate of drug-likeness (QED) is 0.524. The zero-order chi connectivity index (χ0) is 13.6. The minimum Gasteiger partial charge on any atom is -0.239 e. The monoisotopic (exact) mass is 242 g/mol. The van der Waals surface area contributed by atoms with Crippen LogP contribution in [0.2, 0.25) is 0 Å². The van der Waals surface area contributed by atoms with Gasteiger partial charge in [0, 0.05) is 5.57 Å². The fourth-order valence-electron chi connectivity index (χ4n) is 1.58. The molecule has 1 rings (SSSR count). The third-order valence-electron chi connectivity index (χ3n) is 2.60. The van der Waals surface area contributed by atoms with Gasteiger partial charge in [0.2, 0.25) is 0 Å². The minimum atomic E-state index is -1.30. The summed E-state index contributed by atoms with van der Waals surface area (Å²) in [6, 6.07) is 7.46. The molecule has 18 heavy (non-hydrogen) atoms. The molecule has 0 saturated heterocycles. The van der Waals surface area contributed by atoms with Crippen molar-refractivity contribution in [2.24, 2.45) is 0 Å². The van der Waals surface area contributed by atoms with Crippen LogP contribution in [-0.4, -0.2) is 0 Å². The molecule has 0 aliphatic carbocycles. The summed E-state index contributed by atoms with van der Waals surface area (Å²) in [5, 5.41) is 0. The van der Waals surface area contributed by atoms with E-state index in [4.69, 9.17) is 0 Å². The Hall–Kier alpha value is -1.81. The molecule has 0 heterocycles. The Labute approximate surface area is 109 Å². The summed E-state index contributed by atoms with van der Waals surface area (Å²) in [5.41, 5.74) is 1.33. The van der Waals surface area contributed by atoms with E-state index in [1.807, 2.05) is 56.3 Å².